The average Bonchev–Trinajstić information content (AvgIpc) is 3.11. The molecule has 1 radical (unpaired) electrons. The van der Waals surface area contributed by atoms with Gasteiger partial charge in [-0.05, 0) is 56.9 Å². The summed E-state index contributed by atoms with van der Waals surface area (Å²) < 4.78 is 5.58. The first-order valence-electron chi connectivity index (χ1n) is 10.4. The molecule has 1 fully saturated rings. The van der Waals surface area contributed by atoms with Crippen LogP contribution in [0.5, 0.6) is 0 Å². The van der Waals surface area contributed by atoms with E-state index in [4.69, 9.17) is 4.74 Å². The van der Waals surface area contributed by atoms with Crippen molar-refractivity contribution in [2.45, 2.75) is 57.2 Å². The molecule has 0 saturated carbocycles. The zero-order valence-corrected chi connectivity index (χ0v) is 18.1. The van der Waals surface area contributed by atoms with E-state index in [-0.39, 0.29) is 24.1 Å². The van der Waals surface area contributed by atoms with E-state index < -0.39 is 23.1 Å². The van der Waals surface area contributed by atoms with Gasteiger partial charge in [-0.25, -0.2) is 9.59 Å². The first kappa shape index (κ1) is 21.3. The maximum atomic E-state index is 12.6. The predicted molar refractivity (Wildman–Crippen MR) is 114 cm³/mol. The highest BCUT2D eigenvalue weighted by atomic mass is 16.5. The van der Waals surface area contributed by atoms with Gasteiger partial charge in [0.1, 0.15) is 6.61 Å². The number of aromatic carboxylic acids is 1. The Balaban J connectivity index is 1.53. The molecule has 2 N–H and O–H groups in total. The third kappa shape index (κ3) is 3.47. The van der Waals surface area contributed by atoms with E-state index in [0.717, 1.165) is 21.8 Å². The number of carbonyl (C=O) groups is 2. The van der Waals surface area contributed by atoms with Gasteiger partial charge < -0.3 is 15.2 Å². The van der Waals surface area contributed by atoms with E-state index in [0.29, 0.717) is 12.0 Å². The van der Waals surface area contributed by atoms with Crippen LogP contribution < -0.4 is 5.32 Å². The maximum Gasteiger partial charge on any atom is 0.407 e. The van der Waals surface area contributed by atoms with Crippen molar-refractivity contribution >= 4 is 12.1 Å². The largest absolute Gasteiger partial charge is 0.478 e. The number of fused-ring (bicyclic) bond motifs is 3. The van der Waals surface area contributed by atoms with Gasteiger partial charge in [-0.15, -0.1) is 10.3 Å². The molecule has 2 atom stereocenters. The summed E-state index contributed by atoms with van der Waals surface area (Å²) in [5.41, 5.74) is 2.23. The maximum absolute atomic E-state index is 12.6. The van der Waals surface area contributed by atoms with Crippen molar-refractivity contribution in [2.75, 3.05) is 6.61 Å². The lowest BCUT2D eigenvalue weighted by atomic mass is 9.94. The molecule has 2 aromatic rings. The Hall–Kier alpha value is -2.90. The van der Waals surface area contributed by atoms with Gasteiger partial charge in [0.2, 0.25) is 0 Å². The van der Waals surface area contributed by atoms with Crippen molar-refractivity contribution in [2.24, 2.45) is 0 Å². The third-order valence-electron chi connectivity index (χ3n) is 6.61. The number of hydrogen-bond donors (Lipinski definition) is 2. The van der Waals surface area contributed by atoms with E-state index in [9.17, 15) is 19.9 Å². The summed E-state index contributed by atoms with van der Waals surface area (Å²) in [4.78, 5) is 24.4. The lowest BCUT2D eigenvalue weighted by Crippen LogP contribution is -2.52. The molecule has 0 spiro atoms. The van der Waals surface area contributed by atoms with Crippen LogP contribution in [0.4, 0.5) is 4.79 Å². The SMILES string of the molecule is CC1(C)CC(NC(=O)OCC2c3ccccc3-c3c(C(=O)O)cccc32)C(C)(C)N1[O]. The number of hydrogen-bond acceptors (Lipinski definition) is 4. The van der Waals surface area contributed by atoms with Crippen molar-refractivity contribution in [1.29, 1.82) is 0 Å². The van der Waals surface area contributed by atoms with E-state index >= 15 is 0 Å². The molecule has 2 aromatic carbocycles. The van der Waals surface area contributed by atoms with Gasteiger partial charge in [-0.1, -0.05) is 36.4 Å². The van der Waals surface area contributed by atoms with Crippen molar-refractivity contribution < 1.29 is 24.6 Å². The van der Waals surface area contributed by atoms with Gasteiger partial charge >= 0.3 is 12.1 Å². The minimum Gasteiger partial charge on any atom is -0.478 e. The molecule has 0 bridgehead atoms. The Morgan fingerprint density at radius 1 is 1.10 bits per heavy atom. The fourth-order valence-electron chi connectivity index (χ4n) is 5.04. The second-order valence-electron chi connectivity index (χ2n) is 9.47. The molecular formula is C24H27N2O5. The summed E-state index contributed by atoms with van der Waals surface area (Å²) in [5, 5.41) is 26.1. The summed E-state index contributed by atoms with van der Waals surface area (Å²) >= 11 is 0. The molecule has 7 nitrogen and oxygen atoms in total. The number of benzene rings is 2. The van der Waals surface area contributed by atoms with Crippen molar-refractivity contribution in [3.05, 3.63) is 59.2 Å². The molecule has 163 valence electrons. The number of carboxylic acid groups (broad SMARTS) is 1. The van der Waals surface area contributed by atoms with Gasteiger partial charge in [-0.2, -0.15) is 0 Å². The molecule has 1 heterocycles. The van der Waals surface area contributed by atoms with Crippen molar-refractivity contribution in [3.63, 3.8) is 0 Å². The number of carboxylic acids is 1. The van der Waals surface area contributed by atoms with Crippen LogP contribution in [0.2, 0.25) is 0 Å². The Kier molecular flexibility index (Phi) is 5.06. The van der Waals surface area contributed by atoms with Gasteiger partial charge in [0.15, 0.2) is 0 Å². The number of carbonyl (C=O) groups excluding carboxylic acids is 1. The van der Waals surface area contributed by atoms with Gasteiger partial charge in [0.05, 0.1) is 17.1 Å². The van der Waals surface area contributed by atoms with Gasteiger partial charge in [-0.3, -0.25) is 0 Å². The molecule has 1 aliphatic heterocycles. The molecule has 2 aliphatic rings. The highest BCUT2D eigenvalue weighted by Gasteiger charge is 2.53. The molecule has 7 heteroatoms. The number of rotatable bonds is 4. The number of nitrogens with zero attached hydrogens (tertiary/aromatic N) is 1. The molecule has 0 aromatic heterocycles. The fourth-order valence-corrected chi connectivity index (χ4v) is 5.04. The van der Waals surface area contributed by atoms with E-state index in [1.54, 1.807) is 12.1 Å². The van der Waals surface area contributed by atoms with Crippen LogP contribution in [0.15, 0.2) is 42.5 Å². The standard InChI is InChI=1S/C24H27N2O5/c1-23(2)12-19(24(3,4)26(23)30)25-22(29)31-13-18-14-8-5-6-9-15(14)20-16(18)10-7-11-17(20)21(27)28/h5-11,18-19H,12-13H2,1-4H3,(H,25,29)(H,27,28). The van der Waals surface area contributed by atoms with Crippen LogP contribution >= 0.6 is 0 Å². The monoisotopic (exact) mass is 423 g/mol. The van der Waals surface area contributed by atoms with E-state index in [1.165, 1.54) is 0 Å². The number of nitrogens with one attached hydrogen (secondary N) is 1. The topological polar surface area (TPSA) is 98.8 Å². The van der Waals surface area contributed by atoms with Crippen LogP contribution in [-0.4, -0.2) is 46.0 Å². The molecular weight excluding hydrogens is 396 g/mol. The summed E-state index contributed by atoms with van der Waals surface area (Å²) in [6.45, 7) is 7.44. The van der Waals surface area contributed by atoms with Gasteiger partial charge in [0.25, 0.3) is 0 Å². The van der Waals surface area contributed by atoms with Crippen molar-refractivity contribution in [3.8, 4) is 11.1 Å². The molecule has 1 amide bonds. The van der Waals surface area contributed by atoms with E-state index in [2.05, 4.69) is 5.32 Å². The lowest BCUT2D eigenvalue weighted by molar-refractivity contribution is -0.246. The van der Waals surface area contributed by atoms with E-state index in [1.807, 2.05) is 58.0 Å². The molecule has 1 aliphatic carbocycles. The average molecular weight is 423 g/mol. The Morgan fingerprint density at radius 2 is 1.77 bits per heavy atom. The van der Waals surface area contributed by atoms with Crippen LogP contribution in [0.1, 0.15) is 61.5 Å². The molecule has 2 unspecified atom stereocenters. The quantitative estimate of drug-likeness (QED) is 0.768. The minimum atomic E-state index is -0.987. The van der Waals surface area contributed by atoms with Crippen LogP contribution in [0.25, 0.3) is 11.1 Å². The normalized spacial score (nSPS) is 23.1. The summed E-state index contributed by atoms with van der Waals surface area (Å²) in [6.07, 6.45) is -0.0557. The second-order valence-corrected chi connectivity index (χ2v) is 9.47. The van der Waals surface area contributed by atoms with Crippen molar-refractivity contribution in [1.82, 2.24) is 10.4 Å². The minimum absolute atomic E-state index is 0.0799. The van der Waals surface area contributed by atoms with Crippen LogP contribution in [-0.2, 0) is 9.94 Å². The molecule has 31 heavy (non-hydrogen) atoms. The highest BCUT2D eigenvalue weighted by Crippen LogP contribution is 2.46. The zero-order valence-electron chi connectivity index (χ0n) is 18.1. The highest BCUT2D eigenvalue weighted by molar-refractivity contribution is 5.99. The molecule has 4 rings (SSSR count). The number of hydroxylamine groups is 2. The second kappa shape index (κ2) is 7.35. The first-order valence-corrected chi connectivity index (χ1v) is 10.4. The smallest absolute Gasteiger partial charge is 0.407 e. The fraction of sp³-hybridized carbons (Fsp3) is 0.417. The summed E-state index contributed by atoms with van der Waals surface area (Å²) in [6, 6.07) is 12.4. The summed E-state index contributed by atoms with van der Waals surface area (Å²) in [5.74, 6) is -1.24. The van der Waals surface area contributed by atoms with Crippen LogP contribution in [0.3, 0.4) is 0 Å². The lowest BCUT2D eigenvalue weighted by Gasteiger charge is -2.33. The number of alkyl carbamates (subject to hydrolysis) is 1. The zero-order chi connectivity index (χ0) is 22.6. The predicted octanol–water partition coefficient (Wildman–Crippen LogP) is 4.20. The number of amides is 1. The molecule has 1 saturated heterocycles. The number of ether oxygens (including phenoxy) is 1. The Labute approximate surface area is 181 Å². The third-order valence-corrected chi connectivity index (χ3v) is 6.61. The Morgan fingerprint density at radius 3 is 2.42 bits per heavy atom. The van der Waals surface area contributed by atoms with Crippen LogP contribution in [0, 0.1) is 0 Å². The Bertz CT molecular complexity index is 1050. The summed E-state index contributed by atoms with van der Waals surface area (Å²) in [7, 11) is 0. The van der Waals surface area contributed by atoms with Gasteiger partial charge in [0, 0.05) is 17.0 Å². The first-order chi connectivity index (χ1) is 14.5.